The molecule has 0 radical (unpaired) electrons. The molecule has 0 fully saturated rings. The topological polar surface area (TPSA) is 597 Å². The molecule has 0 aliphatic rings. The number of aryl methyl sites for hydroxylation is 7. The van der Waals surface area contributed by atoms with Crippen LogP contribution in [0.1, 0.15) is 153 Å². The molecule has 5 N–H and O–H groups in total. The summed E-state index contributed by atoms with van der Waals surface area (Å²) in [5.41, 5.74) is 9.68. The van der Waals surface area contributed by atoms with Gasteiger partial charge in [-0.25, -0.2) is 93.0 Å². The van der Waals surface area contributed by atoms with Crippen molar-refractivity contribution in [2.24, 2.45) is 11.1 Å². The average Bonchev–Trinajstić information content (AvgIpc) is 0.836. The quantitative estimate of drug-likeness (QED) is 0.0223. The van der Waals surface area contributed by atoms with E-state index in [4.69, 9.17) is 80.2 Å². The number of aromatic nitrogens is 18. The van der Waals surface area contributed by atoms with Crippen LogP contribution >= 0.6 is 69.6 Å². The first-order chi connectivity index (χ1) is 52.2. The Balaban J connectivity index is 0. The molecule has 602 valence electrons. The number of carbonyl (C=O) groups excluding carboxylic acids is 8. The smallest absolute Gasteiger partial charge is 0.406 e. The molecule has 9 aromatic rings. The predicted octanol–water partition coefficient (Wildman–Crippen LogP) is 6.67. The number of hydrogen-bond donors (Lipinski definition) is 4. The molecule has 0 aliphatic heterocycles. The summed E-state index contributed by atoms with van der Waals surface area (Å²) in [5, 5.41) is 44.5. The van der Waals surface area contributed by atoms with Crippen LogP contribution < -0.4 is 24.5 Å². The van der Waals surface area contributed by atoms with Crippen LogP contribution in [0.4, 0.5) is 0 Å². The van der Waals surface area contributed by atoms with Crippen LogP contribution in [0.5, 0.6) is 0 Å². The molecule has 0 amide bonds. The molecule has 0 saturated carbocycles. The highest BCUT2D eigenvalue weighted by atomic mass is 35.5. The molecule has 0 saturated heterocycles. The van der Waals surface area contributed by atoms with E-state index >= 15 is 0 Å². The Kier molecular flexibility index (Phi) is 47.4. The maximum Gasteiger partial charge on any atom is 0.406 e. The minimum atomic E-state index is -1.04. The molecular weight excluding hydrogens is 1620 g/mol. The summed E-state index contributed by atoms with van der Waals surface area (Å²) in [6.45, 7) is 14.3. The van der Waals surface area contributed by atoms with E-state index in [2.05, 4.69) is 119 Å². The lowest BCUT2D eigenvalue weighted by Gasteiger charge is -2.04. The van der Waals surface area contributed by atoms with Crippen LogP contribution in [0.3, 0.4) is 0 Å². The van der Waals surface area contributed by atoms with Gasteiger partial charge in [-0.3, -0.25) is 15.0 Å². The molecule has 9 aromatic heterocycles. The van der Waals surface area contributed by atoms with Gasteiger partial charge in [-0.15, -0.1) is 0 Å². The number of carbonyl (C=O) groups is 9. The zero-order chi connectivity index (χ0) is 85.1. The van der Waals surface area contributed by atoms with Gasteiger partial charge < -0.3 is 69.4 Å². The van der Waals surface area contributed by atoms with Crippen LogP contribution in [0, 0.1) is 88.4 Å². The molecular formula is C63H72Cl6N21O22+. The fraction of sp³-hybridized carbons (Fsp3) is 0.286. The predicted molar refractivity (Wildman–Crippen MR) is 390 cm³/mol. The first-order valence-corrected chi connectivity index (χ1v) is 31.8. The normalized spacial score (nSPS) is 9.35. The van der Waals surface area contributed by atoms with Crippen molar-refractivity contribution in [3.63, 3.8) is 0 Å². The Hall–Kier alpha value is -12.7. The molecule has 0 aliphatic carbocycles. The zero-order valence-corrected chi connectivity index (χ0v) is 65.9. The van der Waals surface area contributed by atoms with Gasteiger partial charge in [0.2, 0.25) is 17.6 Å². The number of esters is 8. The van der Waals surface area contributed by atoms with Crippen molar-refractivity contribution in [1.29, 1.82) is 5.53 Å². The number of nitrogens with zero attached hydrogens (tertiary/aromatic N) is 18. The molecule has 0 atom stereocenters. The second-order valence-electron chi connectivity index (χ2n) is 19.4. The van der Waals surface area contributed by atoms with Gasteiger partial charge in [0.15, 0.2) is 67.2 Å². The third kappa shape index (κ3) is 33.8. The fourth-order valence-electron chi connectivity index (χ4n) is 6.91. The first-order valence-electron chi connectivity index (χ1n) is 29.6. The van der Waals surface area contributed by atoms with Crippen LogP contribution in [0.15, 0.2) is 79.6 Å². The van der Waals surface area contributed by atoms with E-state index in [1.807, 2.05) is 0 Å². The Morgan fingerprint density at radius 3 is 1.21 bits per heavy atom. The molecule has 0 aromatic carbocycles. The van der Waals surface area contributed by atoms with Crippen molar-refractivity contribution in [2.45, 2.75) is 69.7 Å². The third-order valence-electron chi connectivity index (χ3n) is 12.2. The van der Waals surface area contributed by atoms with Crippen LogP contribution in [0.25, 0.3) is 0 Å². The summed E-state index contributed by atoms with van der Waals surface area (Å²) in [4.78, 5) is 161. The highest BCUT2D eigenvalue weighted by molar-refractivity contribution is 6.40. The molecule has 0 spiro atoms. The van der Waals surface area contributed by atoms with E-state index in [1.54, 1.807) is 41.5 Å². The summed E-state index contributed by atoms with van der Waals surface area (Å²) in [5.74, 6) is -1.57. The number of halogens is 6. The average molecular weight is 1690 g/mol. The number of methoxy groups -OCH3 is 8. The third-order valence-corrected chi connectivity index (χ3v) is 13.5. The Bertz CT molecular complexity index is 4750. The highest BCUT2D eigenvalue weighted by Crippen LogP contribution is 2.19. The number of aromatic amines is 1. The summed E-state index contributed by atoms with van der Waals surface area (Å²) in [6.07, 6.45) is 15.6. The van der Waals surface area contributed by atoms with E-state index in [9.17, 15) is 63.7 Å². The molecule has 49 heteroatoms. The molecule has 9 rings (SSSR count). The number of nitrogens with one attached hydrogen (secondary N) is 2. The molecule has 0 unspecified atom stereocenters. The molecule has 0 bridgehead atoms. The Morgan fingerprint density at radius 2 is 0.768 bits per heavy atom. The van der Waals surface area contributed by atoms with Crippen LogP contribution in [-0.2, 0) is 37.9 Å². The van der Waals surface area contributed by atoms with Crippen molar-refractivity contribution in [2.75, 3.05) is 56.9 Å². The molecule has 112 heavy (non-hydrogen) atoms. The lowest BCUT2D eigenvalue weighted by atomic mass is 10.3. The minimum Gasteiger partial charge on any atom is -0.618 e. The SMILES string of the molecule is C.COC(=O)c1[nH]c(Cl)c[n+](=O)c1C.COC(=O)c1c(C)nc(Cl)c[n+]1[O-].COC(=O)c1c(C)ncc[n+]1[O-].COC(=O)c1nc(Cl)c(Cl)nc1C.COC(=O)c1nc(Cl)cnc1C.COC(=O)c1ncc(Cl)nc1C.COC(=O)c1ncc[n+]([O-])c1C.COC(=O)c1nccnc1C.Cc1nccnc1C(=O)O.N=NN. The van der Waals surface area contributed by atoms with E-state index < -0.39 is 53.7 Å². The second kappa shape index (κ2) is 52.4. The number of aromatic carboxylic acids is 1. The lowest BCUT2D eigenvalue weighted by Crippen LogP contribution is -2.36. The maximum atomic E-state index is 11.2. The van der Waals surface area contributed by atoms with E-state index in [0.29, 0.717) is 52.8 Å². The van der Waals surface area contributed by atoms with Crippen molar-refractivity contribution in [1.82, 2.24) is 69.8 Å². The minimum absolute atomic E-state index is 0. The summed E-state index contributed by atoms with van der Waals surface area (Å²) in [7, 11) is 10.0. The van der Waals surface area contributed by atoms with Crippen LogP contribution in [0.2, 0.25) is 30.9 Å². The summed E-state index contributed by atoms with van der Waals surface area (Å²) in [6, 6.07) is 0. The Morgan fingerprint density at radius 1 is 0.411 bits per heavy atom. The fourth-order valence-corrected chi connectivity index (χ4v) is 7.92. The van der Waals surface area contributed by atoms with Gasteiger partial charge in [0.1, 0.15) is 21.7 Å². The van der Waals surface area contributed by atoms with Crippen molar-refractivity contribution < 1.29 is 105 Å². The van der Waals surface area contributed by atoms with Crippen LogP contribution in [-0.4, -0.2) is 185 Å². The second-order valence-corrected chi connectivity index (χ2v) is 21.7. The van der Waals surface area contributed by atoms with Gasteiger partial charge in [-0.05, 0) is 48.5 Å². The van der Waals surface area contributed by atoms with E-state index in [-0.39, 0.29) is 107 Å². The van der Waals surface area contributed by atoms with Gasteiger partial charge in [0, 0.05) is 43.5 Å². The number of rotatable bonds is 9. The first kappa shape index (κ1) is 101. The van der Waals surface area contributed by atoms with Gasteiger partial charge in [-0.1, -0.05) is 82.3 Å². The zero-order valence-electron chi connectivity index (χ0n) is 61.3. The number of carboxylic acids is 1. The van der Waals surface area contributed by atoms with Gasteiger partial charge in [0.25, 0.3) is 11.9 Å². The van der Waals surface area contributed by atoms with Crippen molar-refractivity contribution >= 4 is 123 Å². The number of H-pyrrole nitrogens is 1. The van der Waals surface area contributed by atoms with Gasteiger partial charge in [0.05, 0.1) is 115 Å². The van der Waals surface area contributed by atoms with Crippen molar-refractivity contribution in [3.8, 4) is 0 Å². The van der Waals surface area contributed by atoms with Gasteiger partial charge in [-0.2, -0.15) is 19.7 Å². The monoisotopic (exact) mass is 1680 g/mol. The highest BCUT2D eigenvalue weighted by Gasteiger charge is 2.24. The summed E-state index contributed by atoms with van der Waals surface area (Å²) >= 11 is 33.3. The molecule has 9 heterocycles. The number of hydrogen-bond acceptors (Lipinski definition) is 36. The summed E-state index contributed by atoms with van der Waals surface area (Å²) < 4.78 is 37.4. The largest absolute Gasteiger partial charge is 0.618 e. The van der Waals surface area contributed by atoms with Crippen molar-refractivity contribution in [3.05, 3.63) is 228 Å². The van der Waals surface area contributed by atoms with E-state index in [0.717, 1.165) is 18.6 Å². The number of nitrogens with two attached hydrogens (primary N) is 1. The Labute approximate surface area is 666 Å². The lowest BCUT2D eigenvalue weighted by molar-refractivity contribution is -0.613. The van der Waals surface area contributed by atoms with E-state index in [1.165, 1.54) is 133 Å². The molecule has 43 nitrogen and oxygen atoms in total. The number of ether oxygens (including phenoxy) is 8. The maximum absolute atomic E-state index is 11.2. The number of carboxylic acid groups (broad SMARTS) is 1. The standard InChI is InChI=1S/C7H6Cl2N2O2.C7H8ClN2O3.C7H7ClN2O3.2C7H7ClN2O2.2C7H8N2O3.C7H8N2O2.C6H6N2O2.CH4.H3N3/c1-3-4(7(12)13-2)11-6(9)5(8)10-3;1-4-6(7(11)13-2)9-5(8)3-10(4)12;1-4-6(7(11)13-2)10(12)3-5(8)9-4;1-4-6(7(11)12-2)9-3-5(8)10-4;1-4-6(7(11)12-2)10-5(8)3-9-4;1-5-6(7(10)12-2)8-3-4-9(5)11;1-5-6(7(10)12-2)9(11)4-3-8-5;1-5-6(7(10)11-2)9-4-3-8-5;1-4-5(6(9)10)8-3-2-7-4;;1-3-2/h1-2H3;3H,1-2H3,(H,9,12);3H,1-2H3;2*3H,1-2H3;2*3-4H,1-2H3;3-4H,1-2H3;2-3H,1H3,(H,9,10);1H4;(H3,1,2)/q;+1;;;;;;;;;. The van der Waals surface area contributed by atoms with Gasteiger partial charge >= 0.3 is 65.1 Å².